The van der Waals surface area contributed by atoms with Crippen molar-refractivity contribution in [1.82, 2.24) is 30.2 Å². The molecule has 13 nitrogen and oxygen atoms in total. The van der Waals surface area contributed by atoms with E-state index in [-0.39, 0.29) is 65.9 Å². The lowest BCUT2D eigenvalue weighted by Gasteiger charge is -2.35. The van der Waals surface area contributed by atoms with Gasteiger partial charge in [0, 0.05) is 41.6 Å². The number of halogens is 2. The first-order valence-electron chi connectivity index (χ1n) is 25.9. The normalized spacial score (nSPS) is 12.0. The Balaban J connectivity index is 0.000000276. The van der Waals surface area contributed by atoms with E-state index in [0.717, 1.165) is 51.6 Å². The third kappa shape index (κ3) is 19.8. The average Bonchev–Trinajstić information content (AvgIpc) is 4.05. The van der Waals surface area contributed by atoms with E-state index < -0.39 is 8.32 Å². The van der Waals surface area contributed by atoms with Crippen LogP contribution in [0.5, 0.6) is 11.5 Å². The molecule has 4 N–H and O–H groups in total. The molecule has 0 radical (unpaired) electrons. The molecule has 0 spiro atoms. The van der Waals surface area contributed by atoms with Gasteiger partial charge in [0.05, 0.1) is 72.3 Å². The molecular weight excluding hydrogens is 1020 g/mol. The number of nitrogens with zero attached hydrogens (tertiary/aromatic N) is 3. The van der Waals surface area contributed by atoms with E-state index in [4.69, 9.17) is 37.1 Å². The molecule has 0 bridgehead atoms. The van der Waals surface area contributed by atoms with Crippen LogP contribution < -0.4 is 14.8 Å². The predicted octanol–water partition coefficient (Wildman–Crippen LogP) is 13.5. The van der Waals surface area contributed by atoms with Crippen molar-refractivity contribution in [2.75, 3.05) is 32.8 Å². The lowest BCUT2D eigenvalue weighted by Crippen LogP contribution is -2.41. The maximum Gasteiger partial charge on any atom is 0.192 e. The van der Waals surface area contributed by atoms with E-state index in [1.54, 1.807) is 36.4 Å². The van der Waals surface area contributed by atoms with Crippen LogP contribution in [0.15, 0.2) is 97.3 Å². The standard InChI is InChI=1S/C27H34ClN3O3.C25H30ClN3O2.C8H18O2Si/c1-18(2)34-25-11-10-21(14-22(25)28)24(33)17-31(12-13-32)16-19-6-8-20(9-7-19)23-15-29-26(30-23)27(3,4)5;1-16(2)31-23-11-10-19(12-20(23)26)22(30)15-27-13-17-6-8-18(9-7-17)21-14-28-24(29-21)25(3,4)5;1-8(2,3)11(4,5)10-7-6-9/h6-11,14-15,18,32H,12-13,16-17H2,1-5H3,(H,29,30);6-12,14,16,27H,13,15H2,1-5H3,(H,28,29);6H,7H2,1-5H3. The molecule has 0 fully saturated rings. The van der Waals surface area contributed by atoms with Gasteiger partial charge in [-0.3, -0.25) is 14.5 Å². The zero-order chi connectivity index (χ0) is 56.6. The molecule has 412 valence electrons. The smallest absolute Gasteiger partial charge is 0.192 e. The number of aliphatic hydroxyl groups is 1. The first-order valence-corrected chi connectivity index (χ1v) is 29.6. The van der Waals surface area contributed by atoms with Crippen molar-refractivity contribution in [2.24, 2.45) is 0 Å². The van der Waals surface area contributed by atoms with Crippen LogP contribution in [-0.2, 0) is 33.1 Å². The number of ketones is 2. The molecule has 2 heterocycles. The number of aromatic nitrogens is 4. The van der Waals surface area contributed by atoms with Crippen LogP contribution >= 0.6 is 23.2 Å². The third-order valence-corrected chi connectivity index (χ3v) is 17.5. The summed E-state index contributed by atoms with van der Waals surface area (Å²) in [5.41, 5.74) is 7.30. The van der Waals surface area contributed by atoms with Gasteiger partial charge in [-0.25, -0.2) is 9.97 Å². The van der Waals surface area contributed by atoms with Crippen molar-refractivity contribution in [3.63, 3.8) is 0 Å². The maximum absolute atomic E-state index is 12.9. The molecule has 2 aromatic heterocycles. The van der Waals surface area contributed by atoms with E-state index in [0.29, 0.717) is 52.3 Å². The number of aromatic amines is 2. The van der Waals surface area contributed by atoms with E-state index in [2.05, 4.69) is 125 Å². The topological polar surface area (TPSA) is 172 Å². The molecule has 6 rings (SSSR count). The second kappa shape index (κ2) is 28.3. The SMILES string of the molecule is CC(C)(C)[Si](C)(C)OCC=O.CC(C)Oc1ccc(C(=O)CN(CCO)Cc2ccc(-c3cnc(C(C)(C)C)[nH]3)cc2)cc1Cl.CC(C)Oc1ccc(C(=O)CNCc2ccc(-c3cnc(C(C)(C)C)[nH]3)cc2)cc1Cl. The molecule has 6 aromatic rings. The van der Waals surface area contributed by atoms with E-state index in [9.17, 15) is 19.5 Å². The van der Waals surface area contributed by atoms with Crippen LogP contribution in [0.2, 0.25) is 28.2 Å². The first-order chi connectivity index (χ1) is 35.5. The summed E-state index contributed by atoms with van der Waals surface area (Å²) in [5, 5.41) is 13.8. The number of imidazole rings is 2. The number of rotatable bonds is 21. The number of Topliss-reactive ketones (excluding diaryl/α,β-unsaturated/α-hetero) is 2. The quantitative estimate of drug-likeness (QED) is 0.0307. The average molecular weight is 1100 g/mol. The molecule has 0 aliphatic carbocycles. The first kappa shape index (κ1) is 63.1. The third-order valence-electron chi connectivity index (χ3n) is 12.5. The minimum atomic E-state index is -1.66. The lowest BCUT2D eigenvalue weighted by molar-refractivity contribution is -0.109. The van der Waals surface area contributed by atoms with Crippen LogP contribution in [0.3, 0.4) is 0 Å². The second-order valence-corrected chi connectivity index (χ2v) is 28.6. The highest BCUT2D eigenvalue weighted by molar-refractivity contribution is 6.74. The van der Waals surface area contributed by atoms with Crippen molar-refractivity contribution in [1.29, 1.82) is 0 Å². The van der Waals surface area contributed by atoms with Crippen LogP contribution in [0.25, 0.3) is 22.5 Å². The number of carbonyl (C=O) groups excluding carboxylic acids is 3. The summed E-state index contributed by atoms with van der Waals surface area (Å²) < 4.78 is 16.8. The fraction of sp³-hybridized carbons (Fsp3) is 0.450. The van der Waals surface area contributed by atoms with Gasteiger partial charge in [-0.2, -0.15) is 0 Å². The van der Waals surface area contributed by atoms with Crippen molar-refractivity contribution in [3.8, 4) is 34.0 Å². The summed E-state index contributed by atoms with van der Waals surface area (Å²) >= 11 is 12.5. The Hall–Kier alpha value is -5.45. The Morgan fingerprint density at radius 1 is 0.697 bits per heavy atom. The zero-order valence-corrected chi connectivity index (χ0v) is 49.9. The summed E-state index contributed by atoms with van der Waals surface area (Å²) in [6.07, 6.45) is 4.57. The lowest BCUT2D eigenvalue weighted by atomic mass is 9.96. The Morgan fingerprint density at radius 2 is 1.14 bits per heavy atom. The number of nitrogens with one attached hydrogen (secondary N) is 3. The van der Waals surface area contributed by atoms with Crippen LogP contribution in [0, 0.1) is 0 Å². The highest BCUT2D eigenvalue weighted by Gasteiger charge is 2.36. The number of hydrogen-bond donors (Lipinski definition) is 4. The van der Waals surface area contributed by atoms with E-state index >= 15 is 0 Å². The fourth-order valence-corrected chi connectivity index (χ4v) is 8.49. The van der Waals surface area contributed by atoms with E-state index in [1.807, 2.05) is 69.3 Å². The zero-order valence-electron chi connectivity index (χ0n) is 47.4. The molecule has 0 aliphatic rings. The Bertz CT molecular complexity index is 2790. The summed E-state index contributed by atoms with van der Waals surface area (Å²) in [5.74, 6) is 3.00. The molecule has 16 heteroatoms. The molecule has 0 amide bonds. The summed E-state index contributed by atoms with van der Waals surface area (Å²) in [7, 11) is -1.66. The summed E-state index contributed by atoms with van der Waals surface area (Å²) in [6, 6.07) is 26.7. The summed E-state index contributed by atoms with van der Waals surface area (Å²) in [4.78, 5) is 53.1. The number of aliphatic hydroxyl groups excluding tert-OH is 1. The largest absolute Gasteiger partial charge is 0.489 e. The predicted molar refractivity (Wildman–Crippen MR) is 312 cm³/mol. The number of carbonyl (C=O) groups is 3. The number of aldehydes is 1. The monoisotopic (exact) mass is 1100 g/mol. The minimum Gasteiger partial charge on any atom is -0.489 e. The number of benzene rings is 4. The van der Waals surface area contributed by atoms with Crippen LogP contribution in [0.4, 0.5) is 0 Å². The molecule has 0 saturated carbocycles. The Labute approximate surface area is 463 Å². The van der Waals surface area contributed by atoms with Crippen molar-refractivity contribution < 1.29 is 33.4 Å². The second-order valence-electron chi connectivity index (χ2n) is 22.9. The van der Waals surface area contributed by atoms with Gasteiger partial charge in [-0.15, -0.1) is 0 Å². The highest BCUT2D eigenvalue weighted by atomic mass is 35.5. The number of hydrogen-bond acceptors (Lipinski definition) is 11. The molecule has 0 aliphatic heterocycles. The van der Waals surface area contributed by atoms with Crippen molar-refractivity contribution in [2.45, 2.75) is 144 Å². The molecule has 0 atom stereocenters. The number of H-pyrrole nitrogens is 2. The molecule has 76 heavy (non-hydrogen) atoms. The van der Waals surface area contributed by atoms with Crippen molar-refractivity contribution in [3.05, 3.63) is 141 Å². The van der Waals surface area contributed by atoms with Gasteiger partial charge in [0.2, 0.25) is 0 Å². The fourth-order valence-electron chi connectivity index (χ4n) is 7.13. The van der Waals surface area contributed by atoms with Gasteiger partial charge >= 0.3 is 0 Å². The Kier molecular flexibility index (Phi) is 23.5. The summed E-state index contributed by atoms with van der Waals surface area (Å²) in [6.45, 7) is 33.4. The minimum absolute atomic E-state index is 0.000655. The van der Waals surface area contributed by atoms with Gasteiger partial charge in [-0.1, -0.05) is 134 Å². The van der Waals surface area contributed by atoms with Gasteiger partial charge < -0.3 is 39.1 Å². The van der Waals surface area contributed by atoms with Gasteiger partial charge in [0.25, 0.3) is 0 Å². The molecule has 0 saturated heterocycles. The molecule has 4 aromatic carbocycles. The Morgan fingerprint density at radius 3 is 1.53 bits per heavy atom. The molecule has 0 unspecified atom stereocenters. The van der Waals surface area contributed by atoms with Gasteiger partial charge in [0.1, 0.15) is 29.4 Å². The van der Waals surface area contributed by atoms with Gasteiger partial charge in [0.15, 0.2) is 19.9 Å². The van der Waals surface area contributed by atoms with E-state index in [1.165, 1.54) is 0 Å². The van der Waals surface area contributed by atoms with Crippen molar-refractivity contribution >= 4 is 49.4 Å². The molecular formula is C60H82Cl2N6O7Si. The van der Waals surface area contributed by atoms with Gasteiger partial charge in [-0.05, 0) is 104 Å². The van der Waals surface area contributed by atoms with Crippen LogP contribution in [-0.4, -0.2) is 101 Å². The van der Waals surface area contributed by atoms with Crippen LogP contribution in [0.1, 0.15) is 134 Å². The number of ether oxygens (including phenoxy) is 2. The maximum atomic E-state index is 12.9. The highest BCUT2D eigenvalue weighted by Crippen LogP contribution is 2.36.